The van der Waals surface area contributed by atoms with Crippen molar-refractivity contribution in [3.63, 3.8) is 0 Å². The van der Waals surface area contributed by atoms with Crippen molar-refractivity contribution in [2.75, 3.05) is 31.1 Å². The van der Waals surface area contributed by atoms with E-state index in [1.165, 1.54) is 22.4 Å². The van der Waals surface area contributed by atoms with Crippen LogP contribution < -0.4 is 10.2 Å². The molecule has 6 rings (SSSR count). The number of anilines is 1. The lowest BCUT2D eigenvalue weighted by molar-refractivity contribution is 0.372. The molecule has 1 N–H and O–H groups in total. The number of nitrogens with zero attached hydrogens (tertiary/aromatic N) is 4. The van der Waals surface area contributed by atoms with Gasteiger partial charge in [-0.3, -0.25) is 0 Å². The van der Waals surface area contributed by atoms with E-state index < -0.39 is 0 Å². The quantitative estimate of drug-likeness (QED) is 0.510. The maximum atomic E-state index is 6.69. The Labute approximate surface area is 209 Å². The van der Waals surface area contributed by atoms with Crippen molar-refractivity contribution < 1.29 is 0 Å². The Morgan fingerprint density at radius 2 is 1.65 bits per heavy atom. The molecule has 7 heteroatoms. The summed E-state index contributed by atoms with van der Waals surface area (Å²) in [5.74, 6) is 1.94. The van der Waals surface area contributed by atoms with Crippen LogP contribution in [-0.4, -0.2) is 42.0 Å². The second kappa shape index (κ2) is 8.97. The van der Waals surface area contributed by atoms with Gasteiger partial charge in [-0.1, -0.05) is 59.6 Å². The first-order chi connectivity index (χ1) is 16.7. The van der Waals surface area contributed by atoms with Crippen LogP contribution in [0.4, 0.5) is 5.82 Å². The van der Waals surface area contributed by atoms with E-state index in [1.54, 1.807) is 0 Å². The number of aromatic nitrogens is 1. The number of hydrogen-bond acceptors (Lipinski definition) is 5. The summed E-state index contributed by atoms with van der Waals surface area (Å²) in [6.07, 6.45) is 3.81. The van der Waals surface area contributed by atoms with Gasteiger partial charge in [-0.05, 0) is 53.8 Å². The van der Waals surface area contributed by atoms with Gasteiger partial charge >= 0.3 is 0 Å². The number of pyridine rings is 1. The maximum Gasteiger partial charge on any atom is 0.199 e. The molecule has 34 heavy (non-hydrogen) atoms. The molecule has 1 fully saturated rings. The highest BCUT2D eigenvalue weighted by atomic mass is 35.5. The average Bonchev–Trinajstić information content (AvgIpc) is 2.89. The van der Waals surface area contributed by atoms with Crippen LogP contribution in [0.5, 0.6) is 0 Å². The van der Waals surface area contributed by atoms with Crippen molar-refractivity contribution >= 4 is 40.7 Å². The van der Waals surface area contributed by atoms with Crippen LogP contribution in [0, 0.1) is 0 Å². The Bertz CT molecular complexity index is 1280. The number of fused-ring (bicyclic) bond motifs is 2. The van der Waals surface area contributed by atoms with Gasteiger partial charge in [-0.15, -0.1) is 0 Å². The minimum Gasteiger partial charge on any atom is -0.353 e. The summed E-state index contributed by atoms with van der Waals surface area (Å²) in [6.45, 7) is 3.53. The molecule has 1 unspecified atom stereocenters. The number of aliphatic imine (C=N–C) groups is 1. The Morgan fingerprint density at radius 1 is 0.853 bits per heavy atom. The van der Waals surface area contributed by atoms with Crippen LogP contribution in [0.25, 0.3) is 5.70 Å². The van der Waals surface area contributed by atoms with Gasteiger partial charge < -0.3 is 15.1 Å². The summed E-state index contributed by atoms with van der Waals surface area (Å²) in [6, 6.07) is 20.3. The summed E-state index contributed by atoms with van der Waals surface area (Å²) in [5.41, 5.74) is 6.10. The minimum absolute atomic E-state index is 0.127. The molecule has 2 aliphatic heterocycles. The fourth-order valence-electron chi connectivity index (χ4n) is 5.14. The lowest BCUT2D eigenvalue weighted by Crippen LogP contribution is -2.53. The van der Waals surface area contributed by atoms with Gasteiger partial charge in [0.2, 0.25) is 0 Å². The van der Waals surface area contributed by atoms with Gasteiger partial charge in [-0.25, -0.2) is 9.98 Å². The average molecular weight is 490 g/mol. The fraction of sp³-hybridized carbons (Fsp3) is 0.259. The number of nitrogens with one attached hydrogen (secondary N) is 1. The van der Waals surface area contributed by atoms with Crippen molar-refractivity contribution in [3.8, 4) is 0 Å². The third kappa shape index (κ3) is 3.93. The molecular formula is C27H25Cl2N5. The van der Waals surface area contributed by atoms with Crippen LogP contribution in [0.3, 0.4) is 0 Å². The first-order valence-corrected chi connectivity index (χ1v) is 12.4. The predicted octanol–water partition coefficient (Wildman–Crippen LogP) is 5.57. The monoisotopic (exact) mass is 489 g/mol. The van der Waals surface area contributed by atoms with Crippen molar-refractivity contribution in [1.29, 1.82) is 0 Å². The molecule has 3 heterocycles. The number of rotatable bonds is 2. The van der Waals surface area contributed by atoms with E-state index >= 15 is 0 Å². The molecule has 5 nitrogen and oxygen atoms in total. The molecule has 0 amide bonds. The highest BCUT2D eigenvalue weighted by Crippen LogP contribution is 2.43. The van der Waals surface area contributed by atoms with Gasteiger partial charge in [-0.2, -0.15) is 0 Å². The van der Waals surface area contributed by atoms with E-state index in [2.05, 4.69) is 50.4 Å². The molecule has 1 saturated heterocycles. The van der Waals surface area contributed by atoms with Crippen LogP contribution in [-0.2, 0) is 6.42 Å². The normalized spacial score (nSPS) is 19.8. The largest absolute Gasteiger partial charge is 0.353 e. The predicted molar refractivity (Wildman–Crippen MR) is 139 cm³/mol. The second-order valence-electron chi connectivity index (χ2n) is 8.87. The van der Waals surface area contributed by atoms with E-state index in [0.29, 0.717) is 10.0 Å². The number of aryl methyl sites for hydroxylation is 1. The Kier molecular flexibility index (Phi) is 5.67. The highest BCUT2D eigenvalue weighted by Gasteiger charge is 2.33. The van der Waals surface area contributed by atoms with Crippen molar-refractivity contribution in [2.45, 2.75) is 18.9 Å². The van der Waals surface area contributed by atoms with Crippen LogP contribution in [0.1, 0.15) is 29.2 Å². The zero-order valence-electron chi connectivity index (χ0n) is 18.7. The summed E-state index contributed by atoms with van der Waals surface area (Å²) in [4.78, 5) is 14.4. The van der Waals surface area contributed by atoms with E-state index in [9.17, 15) is 0 Å². The summed E-state index contributed by atoms with van der Waals surface area (Å²) in [5, 5.41) is 5.02. The SMILES string of the molecule is Clc1ccc(C2N=C(N3CCN(c4ccccn4)CC3)NC3=C2CCc2ccccc23)c(Cl)c1. The molecule has 0 bridgehead atoms. The number of guanidine groups is 1. The van der Waals surface area contributed by atoms with Crippen molar-refractivity contribution in [3.05, 3.63) is 99.2 Å². The van der Waals surface area contributed by atoms with E-state index in [-0.39, 0.29) is 6.04 Å². The summed E-state index contributed by atoms with van der Waals surface area (Å²) < 4.78 is 0. The molecule has 1 aliphatic carbocycles. The van der Waals surface area contributed by atoms with Crippen LogP contribution in [0.15, 0.2) is 77.4 Å². The molecule has 0 radical (unpaired) electrons. The lowest BCUT2D eigenvalue weighted by Gasteiger charge is -2.40. The first-order valence-electron chi connectivity index (χ1n) is 11.7. The number of halogens is 2. The van der Waals surface area contributed by atoms with Gasteiger partial charge in [0, 0.05) is 48.0 Å². The molecule has 0 spiro atoms. The Balaban J connectivity index is 1.34. The molecule has 1 atom stereocenters. The Hall–Kier alpha value is -3.02. The molecule has 172 valence electrons. The third-order valence-corrected chi connectivity index (χ3v) is 7.46. The van der Waals surface area contributed by atoms with Gasteiger partial charge in [0.1, 0.15) is 11.9 Å². The van der Waals surface area contributed by atoms with Gasteiger partial charge in [0.05, 0.1) is 5.70 Å². The number of hydrogen-bond donors (Lipinski definition) is 1. The number of benzene rings is 2. The van der Waals surface area contributed by atoms with Gasteiger partial charge in [0.25, 0.3) is 0 Å². The first kappa shape index (κ1) is 21.5. The van der Waals surface area contributed by atoms with E-state index in [4.69, 9.17) is 28.2 Å². The summed E-state index contributed by atoms with van der Waals surface area (Å²) >= 11 is 12.9. The van der Waals surface area contributed by atoms with Crippen molar-refractivity contribution in [2.24, 2.45) is 4.99 Å². The molecule has 3 aromatic rings. The Morgan fingerprint density at radius 3 is 2.44 bits per heavy atom. The smallest absolute Gasteiger partial charge is 0.199 e. The van der Waals surface area contributed by atoms with Crippen molar-refractivity contribution in [1.82, 2.24) is 15.2 Å². The third-order valence-electron chi connectivity index (χ3n) is 6.90. The fourth-order valence-corrected chi connectivity index (χ4v) is 5.66. The standard InChI is InChI=1S/C27H25Cl2N5/c28-19-9-11-21(23(29)17-19)26-22-10-8-18-5-1-2-6-20(18)25(22)31-27(32-26)34-15-13-33(14-16-34)24-7-3-4-12-30-24/h1-7,9,11-12,17,26H,8,10,13-16H2,(H,31,32). The molecule has 0 saturated carbocycles. The number of piperazine rings is 1. The van der Waals surface area contributed by atoms with E-state index in [0.717, 1.165) is 56.4 Å². The molecule has 1 aromatic heterocycles. The van der Waals surface area contributed by atoms with Crippen LogP contribution in [0.2, 0.25) is 10.0 Å². The molecule has 2 aromatic carbocycles. The topological polar surface area (TPSA) is 43.8 Å². The van der Waals surface area contributed by atoms with Gasteiger partial charge in [0.15, 0.2) is 5.96 Å². The second-order valence-corrected chi connectivity index (χ2v) is 9.71. The van der Waals surface area contributed by atoms with Crippen LogP contribution >= 0.6 is 23.2 Å². The van der Waals surface area contributed by atoms with E-state index in [1.807, 2.05) is 36.5 Å². The maximum absolute atomic E-state index is 6.69. The summed E-state index contributed by atoms with van der Waals surface area (Å²) in [7, 11) is 0. The zero-order chi connectivity index (χ0) is 23.1. The zero-order valence-corrected chi connectivity index (χ0v) is 20.2. The minimum atomic E-state index is -0.127. The molecular weight excluding hydrogens is 465 g/mol. The molecule has 3 aliphatic rings. The lowest BCUT2D eigenvalue weighted by atomic mass is 9.83. The highest BCUT2D eigenvalue weighted by molar-refractivity contribution is 6.35.